The summed E-state index contributed by atoms with van der Waals surface area (Å²) in [7, 11) is 1.87. The Kier molecular flexibility index (Phi) is 2.83. The van der Waals surface area contributed by atoms with E-state index < -0.39 is 0 Å². The second-order valence-electron chi connectivity index (χ2n) is 3.29. The lowest BCUT2D eigenvalue weighted by Crippen LogP contribution is -2.14. The topological polar surface area (TPSA) is 56.7 Å². The molecule has 15 heavy (non-hydrogen) atoms. The fraction of sp³-hybridized carbons (Fsp3) is 0.200. The lowest BCUT2D eigenvalue weighted by molar-refractivity contribution is 0.707. The summed E-state index contributed by atoms with van der Waals surface area (Å²) in [5.74, 6) is 0. The molecule has 0 amide bonds. The van der Waals surface area contributed by atoms with Crippen molar-refractivity contribution in [2.24, 2.45) is 12.8 Å². The van der Waals surface area contributed by atoms with Crippen LogP contribution in [0.1, 0.15) is 17.4 Å². The van der Waals surface area contributed by atoms with Crippen LogP contribution in [0.3, 0.4) is 0 Å². The van der Waals surface area contributed by atoms with Crippen LogP contribution in [0.5, 0.6) is 0 Å². The summed E-state index contributed by atoms with van der Waals surface area (Å²) in [6.45, 7) is 0. The number of pyridine rings is 1. The van der Waals surface area contributed by atoms with Crippen molar-refractivity contribution >= 4 is 15.9 Å². The highest BCUT2D eigenvalue weighted by Gasteiger charge is 2.12. The Morgan fingerprint density at radius 3 is 2.67 bits per heavy atom. The molecule has 0 spiro atoms. The van der Waals surface area contributed by atoms with Crippen molar-refractivity contribution in [2.45, 2.75) is 6.04 Å². The molecule has 0 aliphatic heterocycles. The summed E-state index contributed by atoms with van der Waals surface area (Å²) in [5.41, 5.74) is 7.67. The highest BCUT2D eigenvalue weighted by Crippen LogP contribution is 2.17. The molecule has 0 radical (unpaired) electrons. The van der Waals surface area contributed by atoms with Gasteiger partial charge in [0.25, 0.3) is 0 Å². The monoisotopic (exact) mass is 266 g/mol. The minimum absolute atomic E-state index is 0.265. The van der Waals surface area contributed by atoms with E-state index in [1.807, 2.05) is 31.4 Å². The lowest BCUT2D eigenvalue weighted by atomic mass is 10.1. The molecular weight excluding hydrogens is 256 g/mol. The van der Waals surface area contributed by atoms with E-state index in [0.29, 0.717) is 0 Å². The predicted octanol–water partition coefficient (Wildman–Crippen LogP) is 1.63. The molecule has 0 saturated carbocycles. The van der Waals surface area contributed by atoms with Gasteiger partial charge in [-0.2, -0.15) is 5.10 Å². The standard InChI is InChI=1S/C10H11BrN4/c1-15-5-4-9(14-15)10(12)8-3-2-7(11)6-13-8/h2-6,10H,12H2,1H3. The van der Waals surface area contributed by atoms with Gasteiger partial charge in [0.05, 0.1) is 17.4 Å². The third kappa shape index (κ3) is 2.24. The van der Waals surface area contributed by atoms with Crippen molar-refractivity contribution in [2.75, 3.05) is 0 Å². The zero-order valence-electron chi connectivity index (χ0n) is 8.26. The average Bonchev–Trinajstić information content (AvgIpc) is 2.65. The number of nitrogens with two attached hydrogens (primary N) is 1. The van der Waals surface area contributed by atoms with Gasteiger partial charge >= 0.3 is 0 Å². The molecule has 0 fully saturated rings. The summed E-state index contributed by atoms with van der Waals surface area (Å²) in [4.78, 5) is 4.24. The second kappa shape index (κ2) is 4.12. The number of hydrogen-bond acceptors (Lipinski definition) is 3. The van der Waals surface area contributed by atoms with Gasteiger partial charge in [0.15, 0.2) is 0 Å². The first-order chi connectivity index (χ1) is 7.16. The number of aryl methyl sites for hydroxylation is 1. The normalized spacial score (nSPS) is 12.7. The minimum atomic E-state index is -0.265. The molecular formula is C10H11BrN4. The van der Waals surface area contributed by atoms with Gasteiger partial charge < -0.3 is 5.73 Å². The van der Waals surface area contributed by atoms with E-state index in [2.05, 4.69) is 26.0 Å². The van der Waals surface area contributed by atoms with Gasteiger partial charge in [-0.25, -0.2) is 0 Å². The molecule has 5 heteroatoms. The van der Waals surface area contributed by atoms with Crippen molar-refractivity contribution in [3.8, 4) is 0 Å². The van der Waals surface area contributed by atoms with Crippen LogP contribution in [-0.4, -0.2) is 14.8 Å². The Morgan fingerprint density at radius 2 is 2.13 bits per heavy atom. The first-order valence-corrected chi connectivity index (χ1v) is 5.32. The molecule has 2 aromatic heterocycles. The van der Waals surface area contributed by atoms with Crippen LogP contribution in [-0.2, 0) is 7.05 Å². The van der Waals surface area contributed by atoms with E-state index in [9.17, 15) is 0 Å². The molecule has 2 rings (SSSR count). The zero-order valence-corrected chi connectivity index (χ0v) is 9.85. The zero-order chi connectivity index (χ0) is 10.8. The highest BCUT2D eigenvalue weighted by molar-refractivity contribution is 9.10. The maximum atomic E-state index is 6.03. The van der Waals surface area contributed by atoms with E-state index in [4.69, 9.17) is 5.73 Å². The first kappa shape index (κ1) is 10.3. The molecule has 2 aromatic rings. The van der Waals surface area contributed by atoms with Crippen LogP contribution in [0.15, 0.2) is 35.1 Å². The molecule has 0 saturated heterocycles. The van der Waals surface area contributed by atoms with Gasteiger partial charge in [-0.3, -0.25) is 9.67 Å². The van der Waals surface area contributed by atoms with E-state index in [0.717, 1.165) is 15.9 Å². The summed E-state index contributed by atoms with van der Waals surface area (Å²) in [6, 6.07) is 5.45. The smallest absolute Gasteiger partial charge is 0.0918 e. The SMILES string of the molecule is Cn1ccc(C(N)c2ccc(Br)cn2)n1. The largest absolute Gasteiger partial charge is 0.318 e. The molecule has 1 unspecified atom stereocenters. The fourth-order valence-corrected chi connectivity index (χ4v) is 1.56. The van der Waals surface area contributed by atoms with Crippen molar-refractivity contribution in [1.29, 1.82) is 0 Å². The van der Waals surface area contributed by atoms with E-state index in [1.165, 1.54) is 0 Å². The third-order valence-electron chi connectivity index (χ3n) is 2.12. The Hall–Kier alpha value is -1.20. The fourth-order valence-electron chi connectivity index (χ4n) is 1.32. The van der Waals surface area contributed by atoms with Crippen LogP contribution in [0.4, 0.5) is 0 Å². The van der Waals surface area contributed by atoms with Gasteiger partial charge in [0, 0.05) is 23.9 Å². The molecule has 4 nitrogen and oxygen atoms in total. The maximum Gasteiger partial charge on any atom is 0.0918 e. The number of hydrogen-bond donors (Lipinski definition) is 1. The van der Waals surface area contributed by atoms with Gasteiger partial charge in [0.1, 0.15) is 0 Å². The molecule has 0 aliphatic carbocycles. The van der Waals surface area contributed by atoms with Crippen LogP contribution in [0.2, 0.25) is 0 Å². The Bertz CT molecular complexity index is 449. The molecule has 0 bridgehead atoms. The number of aromatic nitrogens is 3. The summed E-state index contributed by atoms with van der Waals surface area (Å²) < 4.78 is 2.67. The number of halogens is 1. The number of rotatable bonds is 2. The molecule has 1 atom stereocenters. The molecule has 78 valence electrons. The van der Waals surface area contributed by atoms with Crippen LogP contribution in [0.25, 0.3) is 0 Å². The van der Waals surface area contributed by atoms with Gasteiger partial charge in [-0.15, -0.1) is 0 Å². The maximum absolute atomic E-state index is 6.03. The van der Waals surface area contributed by atoms with Crippen LogP contribution >= 0.6 is 15.9 Å². The molecule has 2 heterocycles. The van der Waals surface area contributed by atoms with Crippen molar-refractivity contribution in [3.63, 3.8) is 0 Å². The third-order valence-corrected chi connectivity index (χ3v) is 2.59. The second-order valence-corrected chi connectivity index (χ2v) is 4.21. The number of nitrogens with zero attached hydrogens (tertiary/aromatic N) is 3. The summed E-state index contributed by atoms with van der Waals surface area (Å²) in [5, 5.41) is 4.25. The molecule has 0 aromatic carbocycles. The quantitative estimate of drug-likeness (QED) is 0.899. The Balaban J connectivity index is 2.28. The minimum Gasteiger partial charge on any atom is -0.318 e. The van der Waals surface area contributed by atoms with Crippen molar-refractivity contribution in [3.05, 3.63) is 46.5 Å². The van der Waals surface area contributed by atoms with E-state index >= 15 is 0 Å². The molecule has 2 N–H and O–H groups in total. The summed E-state index contributed by atoms with van der Waals surface area (Å²) >= 11 is 3.33. The van der Waals surface area contributed by atoms with Gasteiger partial charge in [0.2, 0.25) is 0 Å². The summed E-state index contributed by atoms with van der Waals surface area (Å²) in [6.07, 6.45) is 3.60. The van der Waals surface area contributed by atoms with E-state index in [1.54, 1.807) is 10.9 Å². The Labute approximate surface area is 96.3 Å². The Morgan fingerprint density at radius 1 is 1.33 bits per heavy atom. The average molecular weight is 267 g/mol. The highest BCUT2D eigenvalue weighted by atomic mass is 79.9. The van der Waals surface area contributed by atoms with Crippen LogP contribution < -0.4 is 5.73 Å². The van der Waals surface area contributed by atoms with Gasteiger partial charge in [-0.05, 0) is 34.1 Å². The van der Waals surface area contributed by atoms with Gasteiger partial charge in [-0.1, -0.05) is 0 Å². The lowest BCUT2D eigenvalue weighted by Gasteiger charge is -2.07. The van der Waals surface area contributed by atoms with Crippen molar-refractivity contribution < 1.29 is 0 Å². The van der Waals surface area contributed by atoms with Crippen LogP contribution in [0, 0.1) is 0 Å². The first-order valence-electron chi connectivity index (χ1n) is 4.53. The van der Waals surface area contributed by atoms with E-state index in [-0.39, 0.29) is 6.04 Å². The molecule has 0 aliphatic rings. The predicted molar refractivity (Wildman–Crippen MR) is 61.2 cm³/mol. The van der Waals surface area contributed by atoms with Crippen molar-refractivity contribution in [1.82, 2.24) is 14.8 Å².